The normalized spacial score (nSPS) is 34.1. The summed E-state index contributed by atoms with van der Waals surface area (Å²) >= 11 is 0. The predicted molar refractivity (Wildman–Crippen MR) is 47.1 cm³/mol. The van der Waals surface area contributed by atoms with Gasteiger partial charge in [-0.3, -0.25) is 4.79 Å². The fourth-order valence-electron chi connectivity index (χ4n) is 2.04. The van der Waals surface area contributed by atoms with Crippen LogP contribution in [0.25, 0.3) is 0 Å². The molecule has 1 N–H and O–H groups in total. The lowest BCUT2D eigenvalue weighted by atomic mass is 10.2. The molecule has 4 heteroatoms. The minimum Gasteiger partial charge on any atom is -0.341 e. The molecule has 0 aromatic heterocycles. The lowest BCUT2D eigenvalue weighted by Gasteiger charge is -2.19. The lowest BCUT2D eigenvalue weighted by Crippen LogP contribution is -2.42. The van der Waals surface area contributed by atoms with E-state index in [-0.39, 0.29) is 11.9 Å². The number of carbonyl (C=O) groups is 1. The van der Waals surface area contributed by atoms with E-state index in [1.54, 1.807) is 0 Å². The molecule has 2 atom stereocenters. The molecule has 2 aliphatic rings. The van der Waals surface area contributed by atoms with Gasteiger partial charge in [0, 0.05) is 26.1 Å². The van der Waals surface area contributed by atoms with Crippen molar-refractivity contribution in [1.82, 2.24) is 10.2 Å². The first-order valence-electron chi connectivity index (χ1n) is 4.93. The number of halogens is 1. The summed E-state index contributed by atoms with van der Waals surface area (Å²) in [4.78, 5) is 13.5. The predicted octanol–water partition coefficient (Wildman–Crippen LogP) is 0.309. The Morgan fingerprint density at radius 2 is 2.08 bits per heavy atom. The molecule has 0 saturated carbocycles. The van der Waals surface area contributed by atoms with Gasteiger partial charge in [0.1, 0.15) is 6.17 Å². The summed E-state index contributed by atoms with van der Waals surface area (Å²) in [5.74, 6) is 0.0950. The average Bonchev–Trinajstić information content (AvgIpc) is 2.72. The highest BCUT2D eigenvalue weighted by atomic mass is 19.1. The Morgan fingerprint density at radius 1 is 1.38 bits per heavy atom. The molecule has 2 saturated heterocycles. The number of likely N-dealkylation sites (tertiary alicyclic amines) is 1. The molecule has 0 aromatic carbocycles. The Kier molecular flexibility index (Phi) is 2.49. The molecule has 2 fully saturated rings. The Balaban J connectivity index is 1.89. The average molecular weight is 186 g/mol. The van der Waals surface area contributed by atoms with E-state index >= 15 is 0 Å². The zero-order valence-electron chi connectivity index (χ0n) is 7.63. The fourth-order valence-corrected chi connectivity index (χ4v) is 2.04. The quantitative estimate of drug-likeness (QED) is 0.639. The Morgan fingerprint density at radius 3 is 2.62 bits per heavy atom. The monoisotopic (exact) mass is 186 g/mol. The van der Waals surface area contributed by atoms with Crippen LogP contribution >= 0.6 is 0 Å². The van der Waals surface area contributed by atoms with Crippen LogP contribution in [0.5, 0.6) is 0 Å². The van der Waals surface area contributed by atoms with Crippen molar-refractivity contribution in [1.29, 1.82) is 0 Å². The van der Waals surface area contributed by atoms with Crippen molar-refractivity contribution in [2.24, 2.45) is 0 Å². The van der Waals surface area contributed by atoms with Crippen LogP contribution in [0.3, 0.4) is 0 Å². The SMILES string of the molecule is O=C([C@H]1C[C@H](F)CN1)N1CCCC1. The molecule has 0 spiro atoms. The van der Waals surface area contributed by atoms with Crippen LogP contribution < -0.4 is 5.32 Å². The first-order valence-corrected chi connectivity index (χ1v) is 4.93. The van der Waals surface area contributed by atoms with Crippen molar-refractivity contribution < 1.29 is 9.18 Å². The maximum absolute atomic E-state index is 12.8. The van der Waals surface area contributed by atoms with Gasteiger partial charge in [0.05, 0.1) is 6.04 Å². The Labute approximate surface area is 77.3 Å². The number of hydrogen-bond acceptors (Lipinski definition) is 2. The molecule has 13 heavy (non-hydrogen) atoms. The van der Waals surface area contributed by atoms with Crippen molar-refractivity contribution in [3.05, 3.63) is 0 Å². The third-order valence-corrected chi connectivity index (χ3v) is 2.79. The summed E-state index contributed by atoms with van der Waals surface area (Å²) in [5.41, 5.74) is 0. The molecule has 0 aromatic rings. The van der Waals surface area contributed by atoms with Gasteiger partial charge in [0.15, 0.2) is 0 Å². The molecule has 0 radical (unpaired) electrons. The number of alkyl halides is 1. The van der Waals surface area contributed by atoms with Crippen LogP contribution in [-0.2, 0) is 4.79 Å². The van der Waals surface area contributed by atoms with Crippen molar-refractivity contribution in [3.63, 3.8) is 0 Å². The van der Waals surface area contributed by atoms with Gasteiger partial charge in [0.2, 0.25) is 5.91 Å². The van der Waals surface area contributed by atoms with Crippen molar-refractivity contribution in [3.8, 4) is 0 Å². The third-order valence-electron chi connectivity index (χ3n) is 2.79. The summed E-state index contributed by atoms with van der Waals surface area (Å²) in [6, 6.07) is -0.256. The van der Waals surface area contributed by atoms with Gasteiger partial charge >= 0.3 is 0 Å². The van der Waals surface area contributed by atoms with Crippen molar-refractivity contribution in [2.45, 2.75) is 31.5 Å². The zero-order valence-corrected chi connectivity index (χ0v) is 7.63. The van der Waals surface area contributed by atoms with Gasteiger partial charge in [-0.05, 0) is 12.8 Å². The molecule has 0 bridgehead atoms. The summed E-state index contributed by atoms with van der Waals surface area (Å²) in [6.07, 6.45) is 1.71. The van der Waals surface area contributed by atoms with Gasteiger partial charge in [0.25, 0.3) is 0 Å². The fraction of sp³-hybridized carbons (Fsp3) is 0.889. The molecule has 74 valence electrons. The summed E-state index contributed by atoms with van der Waals surface area (Å²) in [7, 11) is 0. The first-order chi connectivity index (χ1) is 6.27. The van der Waals surface area contributed by atoms with Gasteiger partial charge in [-0.15, -0.1) is 0 Å². The lowest BCUT2D eigenvalue weighted by molar-refractivity contribution is -0.132. The number of nitrogens with one attached hydrogen (secondary N) is 1. The molecule has 3 nitrogen and oxygen atoms in total. The van der Waals surface area contributed by atoms with E-state index in [1.165, 1.54) is 0 Å². The van der Waals surface area contributed by atoms with E-state index in [0.29, 0.717) is 13.0 Å². The topological polar surface area (TPSA) is 32.3 Å². The second-order valence-corrected chi connectivity index (χ2v) is 3.83. The van der Waals surface area contributed by atoms with Crippen molar-refractivity contribution >= 4 is 5.91 Å². The minimum atomic E-state index is -0.837. The molecular formula is C9H15FN2O. The van der Waals surface area contributed by atoms with E-state index in [0.717, 1.165) is 25.9 Å². The molecule has 0 aliphatic carbocycles. The van der Waals surface area contributed by atoms with E-state index < -0.39 is 6.17 Å². The number of rotatable bonds is 1. The van der Waals surface area contributed by atoms with Gasteiger partial charge in [-0.2, -0.15) is 0 Å². The van der Waals surface area contributed by atoms with E-state index in [2.05, 4.69) is 5.32 Å². The maximum Gasteiger partial charge on any atom is 0.239 e. The van der Waals surface area contributed by atoms with Crippen molar-refractivity contribution in [2.75, 3.05) is 19.6 Å². The number of amides is 1. The second kappa shape index (κ2) is 3.62. The van der Waals surface area contributed by atoms with Crippen LogP contribution in [0.15, 0.2) is 0 Å². The Bertz CT molecular complexity index is 204. The van der Waals surface area contributed by atoms with Crippen LogP contribution in [0.4, 0.5) is 4.39 Å². The largest absolute Gasteiger partial charge is 0.341 e. The molecule has 2 heterocycles. The van der Waals surface area contributed by atoms with E-state index in [9.17, 15) is 9.18 Å². The molecule has 0 unspecified atom stereocenters. The van der Waals surface area contributed by atoms with Crippen LogP contribution in [-0.4, -0.2) is 42.7 Å². The third kappa shape index (κ3) is 1.82. The summed E-state index contributed by atoms with van der Waals surface area (Å²) in [5, 5.41) is 2.92. The summed E-state index contributed by atoms with van der Waals surface area (Å²) < 4.78 is 12.8. The standard InChI is InChI=1S/C9H15FN2O/c10-7-5-8(11-6-7)9(13)12-3-1-2-4-12/h7-8,11H,1-6H2/t7-,8+/m0/s1. The minimum absolute atomic E-state index is 0.0950. The first kappa shape index (κ1) is 8.94. The zero-order chi connectivity index (χ0) is 9.26. The highest BCUT2D eigenvalue weighted by molar-refractivity contribution is 5.82. The highest BCUT2D eigenvalue weighted by Crippen LogP contribution is 2.15. The highest BCUT2D eigenvalue weighted by Gasteiger charge is 2.32. The van der Waals surface area contributed by atoms with E-state index in [4.69, 9.17) is 0 Å². The Hall–Kier alpha value is -0.640. The van der Waals surface area contributed by atoms with Crippen LogP contribution in [0, 0.1) is 0 Å². The van der Waals surface area contributed by atoms with Crippen LogP contribution in [0.2, 0.25) is 0 Å². The number of hydrogen-bond donors (Lipinski definition) is 1. The van der Waals surface area contributed by atoms with Gasteiger partial charge in [-0.1, -0.05) is 0 Å². The maximum atomic E-state index is 12.8. The van der Waals surface area contributed by atoms with E-state index in [1.807, 2.05) is 4.90 Å². The summed E-state index contributed by atoms with van der Waals surface area (Å²) in [6.45, 7) is 2.05. The van der Waals surface area contributed by atoms with Gasteiger partial charge in [-0.25, -0.2) is 4.39 Å². The van der Waals surface area contributed by atoms with Gasteiger partial charge < -0.3 is 10.2 Å². The molecule has 2 rings (SSSR count). The molecule has 2 aliphatic heterocycles. The molecular weight excluding hydrogens is 171 g/mol. The second-order valence-electron chi connectivity index (χ2n) is 3.83. The van der Waals surface area contributed by atoms with Crippen LogP contribution in [0.1, 0.15) is 19.3 Å². The number of nitrogens with zero attached hydrogens (tertiary/aromatic N) is 1. The number of carbonyl (C=O) groups excluding carboxylic acids is 1. The molecule has 1 amide bonds. The smallest absolute Gasteiger partial charge is 0.239 e.